The van der Waals surface area contributed by atoms with Crippen molar-refractivity contribution in [1.82, 2.24) is 14.7 Å². The lowest BCUT2D eigenvalue weighted by Crippen LogP contribution is -2.68. The molecule has 1 N–H and O–H groups in total. The molecule has 0 spiro atoms. The Morgan fingerprint density at radius 1 is 1.50 bits per heavy atom. The first kappa shape index (κ1) is 15.5. The van der Waals surface area contributed by atoms with Crippen molar-refractivity contribution in [3.63, 3.8) is 0 Å². The zero-order valence-electron chi connectivity index (χ0n) is 13.2. The maximum atomic E-state index is 10.2. The van der Waals surface area contributed by atoms with Gasteiger partial charge in [-0.1, -0.05) is 13.8 Å². The SMILES string of the molecule is CO[C@]1(C)C[C@@H](N(C)C[C@H](O)Cn2cccn2)C1(C)C. The summed E-state index contributed by atoms with van der Waals surface area (Å²) in [7, 11) is 3.86. The number of methoxy groups -OCH3 is 1. The van der Waals surface area contributed by atoms with Crippen LogP contribution in [0.15, 0.2) is 18.5 Å². The fourth-order valence-electron chi connectivity index (χ4n) is 3.30. The lowest BCUT2D eigenvalue weighted by Gasteiger charge is -2.61. The maximum absolute atomic E-state index is 10.2. The number of rotatable bonds is 6. The predicted octanol–water partition coefficient (Wildman–Crippen LogP) is 1.38. The number of aliphatic hydroxyl groups excluding tert-OH is 1. The molecule has 0 bridgehead atoms. The first-order valence-corrected chi connectivity index (χ1v) is 7.21. The molecule has 114 valence electrons. The summed E-state index contributed by atoms with van der Waals surface area (Å²) in [5, 5.41) is 14.3. The van der Waals surface area contributed by atoms with E-state index in [1.807, 2.05) is 12.3 Å². The summed E-state index contributed by atoms with van der Waals surface area (Å²) in [5.74, 6) is 0. The summed E-state index contributed by atoms with van der Waals surface area (Å²) in [6.45, 7) is 7.82. The van der Waals surface area contributed by atoms with Gasteiger partial charge in [0.25, 0.3) is 0 Å². The van der Waals surface area contributed by atoms with Gasteiger partial charge in [0, 0.05) is 37.5 Å². The molecule has 1 saturated carbocycles. The van der Waals surface area contributed by atoms with Crippen LogP contribution < -0.4 is 0 Å². The van der Waals surface area contributed by atoms with E-state index in [0.717, 1.165) is 6.42 Å². The van der Waals surface area contributed by atoms with Crippen LogP contribution in [0.2, 0.25) is 0 Å². The van der Waals surface area contributed by atoms with E-state index in [9.17, 15) is 5.11 Å². The fraction of sp³-hybridized carbons (Fsp3) is 0.800. The van der Waals surface area contributed by atoms with Crippen molar-refractivity contribution >= 4 is 0 Å². The van der Waals surface area contributed by atoms with Crippen LogP contribution in [-0.4, -0.2) is 58.2 Å². The predicted molar refractivity (Wildman–Crippen MR) is 78.5 cm³/mol. The van der Waals surface area contributed by atoms with Gasteiger partial charge in [0.2, 0.25) is 0 Å². The molecule has 0 amide bonds. The standard InChI is InChI=1S/C15H27N3O2/c1-14(2)13(9-15(14,3)20-5)17(4)10-12(19)11-18-8-6-7-16-18/h6-8,12-13,19H,9-11H2,1-5H3/t12-,13+,15+/m0/s1. The molecule has 1 heterocycles. The highest BCUT2D eigenvalue weighted by molar-refractivity contribution is 5.11. The van der Waals surface area contributed by atoms with Crippen LogP contribution in [0.1, 0.15) is 27.2 Å². The number of ether oxygens (including phenoxy) is 1. The van der Waals surface area contributed by atoms with Crippen LogP contribution in [0.5, 0.6) is 0 Å². The zero-order valence-corrected chi connectivity index (χ0v) is 13.2. The highest BCUT2D eigenvalue weighted by Gasteiger charge is 2.58. The summed E-state index contributed by atoms with van der Waals surface area (Å²) in [5.41, 5.74) is 0.0147. The molecule has 3 atom stereocenters. The van der Waals surface area contributed by atoms with Gasteiger partial charge in [-0.15, -0.1) is 0 Å². The van der Waals surface area contributed by atoms with Crippen LogP contribution >= 0.6 is 0 Å². The van der Waals surface area contributed by atoms with Gasteiger partial charge < -0.3 is 14.7 Å². The van der Waals surface area contributed by atoms with Gasteiger partial charge in [0.05, 0.1) is 18.2 Å². The highest BCUT2D eigenvalue weighted by Crippen LogP contribution is 2.53. The second kappa shape index (κ2) is 5.47. The molecular formula is C15H27N3O2. The Hall–Kier alpha value is -0.910. The quantitative estimate of drug-likeness (QED) is 0.856. The normalized spacial score (nSPS) is 30.2. The topological polar surface area (TPSA) is 50.5 Å². The van der Waals surface area contributed by atoms with Crippen molar-refractivity contribution in [3.8, 4) is 0 Å². The molecule has 0 radical (unpaired) electrons. The number of likely N-dealkylation sites (N-methyl/N-ethyl adjacent to an activating group) is 1. The summed E-state index contributed by atoms with van der Waals surface area (Å²) < 4.78 is 7.42. The maximum Gasteiger partial charge on any atom is 0.0862 e. The van der Waals surface area contributed by atoms with Crippen molar-refractivity contribution in [2.24, 2.45) is 5.41 Å². The Morgan fingerprint density at radius 3 is 2.70 bits per heavy atom. The summed E-state index contributed by atoms with van der Waals surface area (Å²) >= 11 is 0. The molecule has 0 aliphatic heterocycles. The Labute approximate surface area is 121 Å². The molecule has 5 nitrogen and oxygen atoms in total. The van der Waals surface area contributed by atoms with Crippen molar-refractivity contribution in [2.75, 3.05) is 20.7 Å². The third-order valence-electron chi connectivity index (χ3n) is 5.22. The minimum absolute atomic E-state index is 0.0706. The van der Waals surface area contributed by atoms with Crippen LogP contribution in [0.4, 0.5) is 0 Å². The Balaban J connectivity index is 1.88. The lowest BCUT2D eigenvalue weighted by molar-refractivity contribution is -0.208. The summed E-state index contributed by atoms with van der Waals surface area (Å²) in [6.07, 6.45) is 4.19. The van der Waals surface area contributed by atoms with E-state index in [-0.39, 0.29) is 11.0 Å². The van der Waals surface area contributed by atoms with Crippen molar-refractivity contribution < 1.29 is 9.84 Å². The fourth-order valence-corrected chi connectivity index (χ4v) is 3.30. The van der Waals surface area contributed by atoms with Gasteiger partial charge in [0.1, 0.15) is 0 Å². The van der Waals surface area contributed by atoms with E-state index >= 15 is 0 Å². The minimum Gasteiger partial charge on any atom is -0.390 e. The first-order chi connectivity index (χ1) is 9.30. The second-order valence-electron chi connectivity index (χ2n) is 6.70. The van der Waals surface area contributed by atoms with E-state index in [4.69, 9.17) is 4.74 Å². The van der Waals surface area contributed by atoms with E-state index in [2.05, 4.69) is 37.8 Å². The van der Waals surface area contributed by atoms with E-state index < -0.39 is 6.10 Å². The molecule has 2 rings (SSSR count). The molecule has 0 aromatic carbocycles. The molecule has 0 unspecified atom stereocenters. The largest absolute Gasteiger partial charge is 0.390 e. The lowest BCUT2D eigenvalue weighted by atomic mass is 9.55. The van der Waals surface area contributed by atoms with Crippen LogP contribution in [-0.2, 0) is 11.3 Å². The molecule has 1 fully saturated rings. The average molecular weight is 281 g/mol. The summed E-state index contributed by atoms with van der Waals surface area (Å²) in [6, 6.07) is 2.30. The Kier molecular flexibility index (Phi) is 4.23. The molecule has 1 aliphatic rings. The zero-order chi connectivity index (χ0) is 15.0. The monoisotopic (exact) mass is 281 g/mol. The van der Waals surface area contributed by atoms with E-state index in [1.54, 1.807) is 18.0 Å². The second-order valence-corrected chi connectivity index (χ2v) is 6.70. The van der Waals surface area contributed by atoms with Gasteiger partial charge in [-0.25, -0.2) is 0 Å². The van der Waals surface area contributed by atoms with Gasteiger partial charge in [0.15, 0.2) is 0 Å². The third-order valence-corrected chi connectivity index (χ3v) is 5.22. The van der Waals surface area contributed by atoms with E-state index in [0.29, 0.717) is 19.1 Å². The Morgan fingerprint density at radius 2 is 2.20 bits per heavy atom. The van der Waals surface area contributed by atoms with Crippen molar-refractivity contribution in [3.05, 3.63) is 18.5 Å². The number of hydrogen-bond donors (Lipinski definition) is 1. The molecule has 5 heteroatoms. The van der Waals surface area contributed by atoms with Crippen LogP contribution in [0.3, 0.4) is 0 Å². The van der Waals surface area contributed by atoms with Gasteiger partial charge in [-0.05, 0) is 26.5 Å². The molecule has 1 aromatic heterocycles. The Bertz CT molecular complexity index is 432. The highest BCUT2D eigenvalue weighted by atomic mass is 16.5. The molecule has 1 aliphatic carbocycles. The molecule has 1 aromatic rings. The average Bonchev–Trinajstić information content (AvgIpc) is 2.87. The van der Waals surface area contributed by atoms with Crippen LogP contribution in [0.25, 0.3) is 0 Å². The molecule has 0 saturated heterocycles. The van der Waals surface area contributed by atoms with E-state index in [1.165, 1.54) is 0 Å². The number of hydrogen-bond acceptors (Lipinski definition) is 4. The summed E-state index contributed by atoms with van der Waals surface area (Å²) in [4.78, 5) is 2.24. The van der Waals surface area contributed by atoms with Crippen LogP contribution in [0, 0.1) is 5.41 Å². The van der Waals surface area contributed by atoms with Gasteiger partial charge in [-0.3, -0.25) is 4.68 Å². The molecule has 20 heavy (non-hydrogen) atoms. The smallest absolute Gasteiger partial charge is 0.0862 e. The van der Waals surface area contributed by atoms with Crippen molar-refractivity contribution in [1.29, 1.82) is 0 Å². The number of nitrogens with zero attached hydrogens (tertiary/aromatic N) is 3. The van der Waals surface area contributed by atoms with Gasteiger partial charge in [-0.2, -0.15) is 5.10 Å². The van der Waals surface area contributed by atoms with Gasteiger partial charge >= 0.3 is 0 Å². The number of aliphatic hydroxyl groups is 1. The third kappa shape index (κ3) is 2.62. The molecular weight excluding hydrogens is 254 g/mol. The first-order valence-electron chi connectivity index (χ1n) is 7.21. The van der Waals surface area contributed by atoms with Crippen molar-refractivity contribution in [2.45, 2.75) is 51.5 Å². The minimum atomic E-state index is -0.412. The number of aromatic nitrogens is 2.